The van der Waals surface area contributed by atoms with Crippen molar-refractivity contribution in [2.24, 2.45) is 5.92 Å². The van der Waals surface area contributed by atoms with Crippen LogP contribution in [0.25, 0.3) is 0 Å². The molecule has 2 nitrogen and oxygen atoms in total. The van der Waals surface area contributed by atoms with Crippen molar-refractivity contribution in [3.05, 3.63) is 0 Å². The molecule has 0 bridgehead atoms. The van der Waals surface area contributed by atoms with E-state index in [9.17, 15) is 4.79 Å². The lowest BCUT2D eigenvalue weighted by molar-refractivity contribution is -0.141. The smallest absolute Gasteiger partial charge is 0.309 e. The quantitative estimate of drug-likeness (QED) is 0.453. The molecule has 0 aliphatic carbocycles. The molecule has 0 amide bonds. The van der Waals surface area contributed by atoms with Crippen molar-refractivity contribution < 1.29 is 9.53 Å². The second kappa shape index (κ2) is 7.72. The Balaban J connectivity index is 1.86. The third-order valence-electron chi connectivity index (χ3n) is 3.20. The van der Waals surface area contributed by atoms with Crippen molar-refractivity contribution in [1.82, 2.24) is 0 Å². The van der Waals surface area contributed by atoms with E-state index in [0.717, 1.165) is 12.8 Å². The maximum atomic E-state index is 11.2. The van der Waals surface area contributed by atoms with E-state index in [-0.39, 0.29) is 11.9 Å². The minimum atomic E-state index is 0.0426. The van der Waals surface area contributed by atoms with E-state index >= 15 is 0 Å². The highest BCUT2D eigenvalue weighted by atomic mass is 16.5. The third-order valence-corrected chi connectivity index (χ3v) is 3.20. The van der Waals surface area contributed by atoms with Crippen LogP contribution in [-0.2, 0) is 9.53 Å². The molecule has 1 aliphatic rings. The van der Waals surface area contributed by atoms with Crippen LogP contribution < -0.4 is 0 Å². The topological polar surface area (TPSA) is 26.3 Å². The van der Waals surface area contributed by atoms with Gasteiger partial charge in [0, 0.05) is 0 Å². The Bertz CT molecular complexity index is 177. The lowest BCUT2D eigenvalue weighted by atomic mass is 9.99. The van der Waals surface area contributed by atoms with Crippen LogP contribution in [0.4, 0.5) is 0 Å². The second-order valence-corrected chi connectivity index (χ2v) is 4.56. The summed E-state index contributed by atoms with van der Waals surface area (Å²) in [7, 11) is 0. The number of hydrogen-bond donors (Lipinski definition) is 0. The van der Waals surface area contributed by atoms with Gasteiger partial charge in [-0.2, -0.15) is 0 Å². The van der Waals surface area contributed by atoms with Gasteiger partial charge in [-0.3, -0.25) is 4.79 Å². The molecule has 0 spiro atoms. The van der Waals surface area contributed by atoms with Crippen LogP contribution in [0.3, 0.4) is 0 Å². The predicted octanol–water partition coefficient (Wildman–Crippen LogP) is 3.69. The maximum Gasteiger partial charge on any atom is 0.309 e. The predicted molar refractivity (Wildman–Crippen MR) is 61.7 cm³/mol. The second-order valence-electron chi connectivity index (χ2n) is 4.56. The summed E-state index contributed by atoms with van der Waals surface area (Å²) >= 11 is 0. The first-order valence-electron chi connectivity index (χ1n) is 6.51. The zero-order valence-electron chi connectivity index (χ0n) is 9.96. The number of carbonyl (C=O) groups excluding carboxylic acids is 1. The molecule has 1 aliphatic heterocycles. The van der Waals surface area contributed by atoms with Crippen molar-refractivity contribution in [2.75, 3.05) is 6.61 Å². The van der Waals surface area contributed by atoms with Crippen molar-refractivity contribution in [3.8, 4) is 0 Å². The normalized spacial score (nSPS) is 20.6. The number of cyclic esters (lactones) is 1. The number of esters is 1. The van der Waals surface area contributed by atoms with Gasteiger partial charge in [-0.1, -0.05) is 51.9 Å². The van der Waals surface area contributed by atoms with Gasteiger partial charge in [0.05, 0.1) is 12.5 Å². The average molecular weight is 212 g/mol. The number of hydrogen-bond acceptors (Lipinski definition) is 2. The van der Waals surface area contributed by atoms with Crippen LogP contribution >= 0.6 is 0 Å². The van der Waals surface area contributed by atoms with Crippen molar-refractivity contribution in [1.29, 1.82) is 0 Å². The van der Waals surface area contributed by atoms with Gasteiger partial charge in [-0.05, 0) is 12.8 Å². The fourth-order valence-electron chi connectivity index (χ4n) is 2.15. The Morgan fingerprint density at radius 1 is 1.13 bits per heavy atom. The van der Waals surface area contributed by atoms with E-state index in [1.165, 1.54) is 44.9 Å². The SMILES string of the molecule is CCCCCCCCC[C@H]1CCOC1=O. The zero-order chi connectivity index (χ0) is 10.9. The van der Waals surface area contributed by atoms with Gasteiger partial charge < -0.3 is 4.74 Å². The monoisotopic (exact) mass is 212 g/mol. The van der Waals surface area contributed by atoms with Gasteiger partial charge >= 0.3 is 5.97 Å². The Labute approximate surface area is 93.4 Å². The molecular weight excluding hydrogens is 188 g/mol. The molecule has 0 radical (unpaired) electrons. The number of unbranched alkanes of at least 4 members (excludes halogenated alkanes) is 6. The highest BCUT2D eigenvalue weighted by molar-refractivity contribution is 5.73. The Kier molecular flexibility index (Phi) is 6.45. The van der Waals surface area contributed by atoms with Crippen LogP contribution in [0, 0.1) is 5.92 Å². The lowest BCUT2D eigenvalue weighted by Crippen LogP contribution is -2.06. The Morgan fingerprint density at radius 3 is 2.40 bits per heavy atom. The lowest BCUT2D eigenvalue weighted by Gasteiger charge is -2.04. The molecule has 0 saturated carbocycles. The van der Waals surface area contributed by atoms with E-state index in [1.54, 1.807) is 0 Å². The Hall–Kier alpha value is -0.530. The fourth-order valence-corrected chi connectivity index (χ4v) is 2.15. The summed E-state index contributed by atoms with van der Waals surface area (Å²) in [6.45, 7) is 2.89. The summed E-state index contributed by atoms with van der Waals surface area (Å²) in [6.07, 6.45) is 11.2. The largest absolute Gasteiger partial charge is 0.465 e. The Morgan fingerprint density at radius 2 is 1.80 bits per heavy atom. The van der Waals surface area contributed by atoms with Crippen molar-refractivity contribution in [2.45, 2.75) is 64.7 Å². The molecule has 0 aromatic rings. The molecule has 1 heterocycles. The van der Waals surface area contributed by atoms with E-state index in [2.05, 4.69) is 6.92 Å². The van der Waals surface area contributed by atoms with Gasteiger partial charge in [-0.15, -0.1) is 0 Å². The molecular formula is C13H24O2. The summed E-state index contributed by atoms with van der Waals surface area (Å²) in [4.78, 5) is 11.2. The van der Waals surface area contributed by atoms with Crippen LogP contribution in [0.2, 0.25) is 0 Å². The standard InChI is InChI=1S/C13H24O2/c1-2-3-4-5-6-7-8-9-12-10-11-15-13(12)14/h12H,2-11H2,1H3/t12-/m0/s1. The first-order valence-corrected chi connectivity index (χ1v) is 6.51. The molecule has 1 atom stereocenters. The molecule has 1 fully saturated rings. The summed E-state index contributed by atoms with van der Waals surface area (Å²) < 4.78 is 4.94. The maximum absolute atomic E-state index is 11.2. The summed E-state index contributed by atoms with van der Waals surface area (Å²) in [6, 6.07) is 0. The van der Waals surface area contributed by atoms with Gasteiger partial charge in [-0.25, -0.2) is 0 Å². The van der Waals surface area contributed by atoms with Crippen LogP contribution in [0.5, 0.6) is 0 Å². The minimum absolute atomic E-state index is 0.0426. The molecule has 88 valence electrons. The van der Waals surface area contributed by atoms with Crippen LogP contribution in [-0.4, -0.2) is 12.6 Å². The molecule has 0 aromatic carbocycles. The molecule has 0 N–H and O–H groups in total. The van der Waals surface area contributed by atoms with Gasteiger partial charge in [0.15, 0.2) is 0 Å². The molecule has 0 aromatic heterocycles. The first-order chi connectivity index (χ1) is 7.34. The highest BCUT2D eigenvalue weighted by Crippen LogP contribution is 2.21. The number of ether oxygens (including phenoxy) is 1. The van der Waals surface area contributed by atoms with Gasteiger partial charge in [0.25, 0.3) is 0 Å². The zero-order valence-corrected chi connectivity index (χ0v) is 9.96. The van der Waals surface area contributed by atoms with Gasteiger partial charge in [0.2, 0.25) is 0 Å². The number of carbonyl (C=O) groups is 1. The van der Waals surface area contributed by atoms with Crippen LogP contribution in [0.15, 0.2) is 0 Å². The molecule has 2 heteroatoms. The van der Waals surface area contributed by atoms with Crippen LogP contribution in [0.1, 0.15) is 64.7 Å². The molecule has 1 saturated heterocycles. The summed E-state index contributed by atoms with van der Waals surface area (Å²) in [5, 5.41) is 0. The summed E-state index contributed by atoms with van der Waals surface area (Å²) in [5.41, 5.74) is 0. The average Bonchev–Trinajstić information content (AvgIpc) is 2.63. The highest BCUT2D eigenvalue weighted by Gasteiger charge is 2.25. The van der Waals surface area contributed by atoms with E-state index < -0.39 is 0 Å². The molecule has 15 heavy (non-hydrogen) atoms. The van der Waals surface area contributed by atoms with Gasteiger partial charge in [0.1, 0.15) is 0 Å². The van der Waals surface area contributed by atoms with Crippen molar-refractivity contribution in [3.63, 3.8) is 0 Å². The fraction of sp³-hybridized carbons (Fsp3) is 0.923. The molecule has 1 rings (SSSR count). The summed E-state index contributed by atoms with van der Waals surface area (Å²) in [5.74, 6) is 0.265. The van der Waals surface area contributed by atoms with Crippen molar-refractivity contribution >= 4 is 5.97 Å². The molecule has 0 unspecified atom stereocenters. The number of rotatable bonds is 8. The first kappa shape index (κ1) is 12.5. The van der Waals surface area contributed by atoms with E-state index in [1.807, 2.05) is 0 Å². The third kappa shape index (κ3) is 5.19. The van der Waals surface area contributed by atoms with E-state index in [4.69, 9.17) is 4.74 Å². The minimum Gasteiger partial charge on any atom is -0.465 e. The van der Waals surface area contributed by atoms with E-state index in [0.29, 0.717) is 6.61 Å².